The molecule has 158 valence electrons. The number of ether oxygens (including phenoxy) is 2. The molecule has 8 nitrogen and oxygen atoms in total. The van der Waals surface area contributed by atoms with Gasteiger partial charge in [0.1, 0.15) is 10.8 Å². The first-order valence-corrected chi connectivity index (χ1v) is 12.0. The summed E-state index contributed by atoms with van der Waals surface area (Å²) in [6.45, 7) is 4.10. The maximum atomic E-state index is 12.3. The van der Waals surface area contributed by atoms with Gasteiger partial charge in [-0.15, -0.1) is 11.3 Å². The molecule has 1 amide bonds. The van der Waals surface area contributed by atoms with Crippen molar-refractivity contribution >= 4 is 27.3 Å². The number of rotatable bonds is 9. The molecule has 10 heteroatoms. The van der Waals surface area contributed by atoms with Crippen LogP contribution in [0, 0.1) is 0 Å². The Bertz CT molecular complexity index is 923. The fraction of sp³-hybridized carbons (Fsp3) is 0.474. The highest BCUT2D eigenvalue weighted by Crippen LogP contribution is 2.32. The normalized spacial score (nSPS) is 15.2. The molecule has 29 heavy (non-hydrogen) atoms. The van der Waals surface area contributed by atoms with Crippen LogP contribution in [-0.2, 0) is 26.0 Å². The predicted molar refractivity (Wildman–Crippen MR) is 112 cm³/mol. The zero-order chi connectivity index (χ0) is 20.7. The number of carbonyl (C=O) groups excluding carboxylic acids is 1. The van der Waals surface area contributed by atoms with Crippen molar-refractivity contribution in [3.05, 3.63) is 35.3 Å². The van der Waals surface area contributed by atoms with Gasteiger partial charge in [0.15, 0.2) is 0 Å². The Hall–Kier alpha value is -2.01. The lowest BCUT2D eigenvalue weighted by molar-refractivity contribution is -0.120. The SMILES string of the molecule is CCOc1ccccc1-c1nc(CC(=O)NCCS(=O)(=O)N2CCOCC2)cs1. The summed E-state index contributed by atoms with van der Waals surface area (Å²) in [6.07, 6.45) is 0.102. The molecule has 0 radical (unpaired) electrons. The van der Waals surface area contributed by atoms with Crippen LogP contribution in [0.15, 0.2) is 29.6 Å². The minimum absolute atomic E-state index is 0.0721. The average Bonchev–Trinajstić information content (AvgIpc) is 3.17. The van der Waals surface area contributed by atoms with E-state index in [1.54, 1.807) is 0 Å². The van der Waals surface area contributed by atoms with Gasteiger partial charge >= 0.3 is 0 Å². The second kappa shape index (κ2) is 10.1. The number of benzene rings is 1. The molecule has 1 aromatic carbocycles. The second-order valence-electron chi connectivity index (χ2n) is 6.43. The molecule has 1 aromatic heterocycles. The molecule has 1 aliphatic heterocycles. The minimum Gasteiger partial charge on any atom is -0.493 e. The van der Waals surface area contributed by atoms with Crippen molar-refractivity contribution in [2.75, 3.05) is 45.2 Å². The first-order valence-electron chi connectivity index (χ1n) is 9.48. The van der Waals surface area contributed by atoms with E-state index < -0.39 is 10.0 Å². The van der Waals surface area contributed by atoms with Crippen molar-refractivity contribution in [3.8, 4) is 16.3 Å². The number of nitrogens with zero attached hydrogens (tertiary/aromatic N) is 2. The number of amides is 1. The molecule has 3 rings (SSSR count). The molecule has 1 saturated heterocycles. The maximum absolute atomic E-state index is 12.3. The quantitative estimate of drug-likeness (QED) is 0.636. The Morgan fingerprint density at radius 3 is 2.83 bits per heavy atom. The number of para-hydroxylation sites is 1. The molecule has 0 bridgehead atoms. The van der Waals surface area contributed by atoms with E-state index in [0.717, 1.165) is 16.3 Å². The molecule has 1 N–H and O–H groups in total. The van der Waals surface area contributed by atoms with Crippen molar-refractivity contribution in [2.24, 2.45) is 0 Å². The molecule has 0 aliphatic carbocycles. The Balaban J connectivity index is 1.52. The van der Waals surface area contributed by atoms with Gasteiger partial charge in [0.05, 0.1) is 43.3 Å². The lowest BCUT2D eigenvalue weighted by Crippen LogP contribution is -2.43. The zero-order valence-electron chi connectivity index (χ0n) is 16.3. The molecular weight excluding hydrogens is 414 g/mol. The fourth-order valence-electron chi connectivity index (χ4n) is 2.94. The van der Waals surface area contributed by atoms with Gasteiger partial charge < -0.3 is 14.8 Å². The third-order valence-electron chi connectivity index (χ3n) is 4.36. The van der Waals surface area contributed by atoms with E-state index in [0.29, 0.717) is 38.6 Å². The monoisotopic (exact) mass is 439 g/mol. The summed E-state index contributed by atoms with van der Waals surface area (Å²) in [4.78, 5) is 16.7. The van der Waals surface area contributed by atoms with Crippen LogP contribution in [0.3, 0.4) is 0 Å². The van der Waals surface area contributed by atoms with Gasteiger partial charge in [0.25, 0.3) is 0 Å². The van der Waals surface area contributed by atoms with Crippen LogP contribution < -0.4 is 10.1 Å². The van der Waals surface area contributed by atoms with E-state index in [1.165, 1.54) is 15.6 Å². The van der Waals surface area contributed by atoms with E-state index in [-0.39, 0.29) is 24.6 Å². The van der Waals surface area contributed by atoms with E-state index in [9.17, 15) is 13.2 Å². The number of thiazole rings is 1. The number of hydrogen-bond donors (Lipinski definition) is 1. The summed E-state index contributed by atoms with van der Waals surface area (Å²) in [5.74, 6) is 0.383. The van der Waals surface area contributed by atoms with Crippen LogP contribution >= 0.6 is 11.3 Å². The molecule has 2 heterocycles. The Labute approximate surface area is 174 Å². The fourth-order valence-corrected chi connectivity index (χ4v) is 5.11. The first-order chi connectivity index (χ1) is 14.0. The van der Waals surface area contributed by atoms with Gasteiger partial charge in [-0.3, -0.25) is 4.79 Å². The van der Waals surface area contributed by atoms with E-state index in [2.05, 4.69) is 10.3 Å². The van der Waals surface area contributed by atoms with Crippen molar-refractivity contribution in [1.29, 1.82) is 0 Å². The number of nitrogens with one attached hydrogen (secondary N) is 1. The highest BCUT2D eigenvalue weighted by Gasteiger charge is 2.24. The van der Waals surface area contributed by atoms with Gasteiger partial charge in [-0.2, -0.15) is 4.31 Å². The van der Waals surface area contributed by atoms with Crippen molar-refractivity contribution < 1.29 is 22.7 Å². The van der Waals surface area contributed by atoms with Gasteiger partial charge in [0, 0.05) is 25.0 Å². The van der Waals surface area contributed by atoms with Crippen LogP contribution in [0.1, 0.15) is 12.6 Å². The highest BCUT2D eigenvalue weighted by molar-refractivity contribution is 7.89. The maximum Gasteiger partial charge on any atom is 0.226 e. The second-order valence-corrected chi connectivity index (χ2v) is 9.37. The summed E-state index contributed by atoms with van der Waals surface area (Å²) in [5.41, 5.74) is 1.53. The lowest BCUT2D eigenvalue weighted by Gasteiger charge is -2.26. The Morgan fingerprint density at radius 1 is 1.31 bits per heavy atom. The molecule has 2 aromatic rings. The Morgan fingerprint density at radius 2 is 2.07 bits per heavy atom. The molecule has 0 spiro atoms. The third-order valence-corrected chi connectivity index (χ3v) is 7.15. The standard InChI is InChI=1S/C19H25N3O5S2/c1-2-27-17-6-4-3-5-16(17)19-21-15(14-28-19)13-18(23)20-7-12-29(24,25)22-8-10-26-11-9-22/h3-6,14H,2,7-13H2,1H3,(H,20,23). The first kappa shape index (κ1) is 21.7. The summed E-state index contributed by atoms with van der Waals surface area (Å²) in [6, 6.07) is 7.65. The van der Waals surface area contributed by atoms with Crippen LogP contribution in [0.4, 0.5) is 0 Å². The van der Waals surface area contributed by atoms with Crippen molar-refractivity contribution in [2.45, 2.75) is 13.3 Å². The van der Waals surface area contributed by atoms with Crippen LogP contribution in [0.5, 0.6) is 5.75 Å². The molecule has 1 fully saturated rings. The number of carbonyl (C=O) groups is 1. The van der Waals surface area contributed by atoms with Crippen molar-refractivity contribution in [3.63, 3.8) is 0 Å². The van der Waals surface area contributed by atoms with Gasteiger partial charge in [-0.25, -0.2) is 13.4 Å². The van der Waals surface area contributed by atoms with Gasteiger partial charge in [-0.05, 0) is 19.1 Å². The smallest absolute Gasteiger partial charge is 0.226 e. The van der Waals surface area contributed by atoms with Gasteiger partial charge in [0.2, 0.25) is 15.9 Å². The minimum atomic E-state index is -3.38. The zero-order valence-corrected chi connectivity index (χ0v) is 17.9. The third kappa shape index (κ3) is 5.99. The molecule has 0 saturated carbocycles. The summed E-state index contributed by atoms with van der Waals surface area (Å²) >= 11 is 1.45. The summed E-state index contributed by atoms with van der Waals surface area (Å²) in [5, 5.41) is 5.29. The van der Waals surface area contributed by atoms with Crippen molar-refractivity contribution in [1.82, 2.24) is 14.6 Å². The van der Waals surface area contributed by atoms with E-state index in [1.807, 2.05) is 36.6 Å². The van der Waals surface area contributed by atoms with E-state index >= 15 is 0 Å². The number of aromatic nitrogens is 1. The predicted octanol–water partition coefficient (Wildman–Crippen LogP) is 1.53. The van der Waals surface area contributed by atoms with Crippen LogP contribution in [0.25, 0.3) is 10.6 Å². The summed E-state index contributed by atoms with van der Waals surface area (Å²) < 4.78 is 36.7. The topological polar surface area (TPSA) is 97.8 Å². The number of morpholine rings is 1. The molecular formula is C19H25N3O5S2. The largest absolute Gasteiger partial charge is 0.493 e. The Kier molecular flexibility index (Phi) is 7.59. The summed E-state index contributed by atoms with van der Waals surface area (Å²) in [7, 11) is -3.38. The highest BCUT2D eigenvalue weighted by atomic mass is 32.2. The van der Waals surface area contributed by atoms with Gasteiger partial charge in [-0.1, -0.05) is 12.1 Å². The number of sulfonamides is 1. The van der Waals surface area contributed by atoms with Crippen LogP contribution in [0.2, 0.25) is 0 Å². The lowest BCUT2D eigenvalue weighted by atomic mass is 10.2. The molecule has 0 unspecified atom stereocenters. The number of hydrogen-bond acceptors (Lipinski definition) is 7. The molecule has 0 atom stereocenters. The molecule has 1 aliphatic rings. The van der Waals surface area contributed by atoms with Crippen LogP contribution in [-0.4, -0.2) is 68.8 Å². The average molecular weight is 440 g/mol. The van der Waals surface area contributed by atoms with E-state index in [4.69, 9.17) is 9.47 Å².